The van der Waals surface area contributed by atoms with Gasteiger partial charge in [0.15, 0.2) is 0 Å². The van der Waals surface area contributed by atoms with Gasteiger partial charge in [-0.25, -0.2) is 4.39 Å². The Labute approximate surface area is 109 Å². The smallest absolute Gasteiger partial charge is 0.146 e. The van der Waals surface area contributed by atoms with E-state index in [0.717, 1.165) is 37.2 Å². The van der Waals surface area contributed by atoms with Gasteiger partial charge in [-0.2, -0.15) is 0 Å². The van der Waals surface area contributed by atoms with E-state index >= 15 is 0 Å². The zero-order valence-corrected chi connectivity index (χ0v) is 11.3. The summed E-state index contributed by atoms with van der Waals surface area (Å²) >= 11 is 0. The molecule has 0 amide bonds. The van der Waals surface area contributed by atoms with E-state index in [2.05, 4.69) is 11.8 Å². The quantitative estimate of drug-likeness (QED) is 0.893. The van der Waals surface area contributed by atoms with Gasteiger partial charge in [-0.1, -0.05) is 19.1 Å². The van der Waals surface area contributed by atoms with Crippen molar-refractivity contribution in [1.82, 2.24) is 0 Å². The van der Waals surface area contributed by atoms with Gasteiger partial charge in [0.1, 0.15) is 5.82 Å². The van der Waals surface area contributed by atoms with Crippen LogP contribution in [0, 0.1) is 11.7 Å². The molecular weight excluding hydrogens is 227 g/mol. The summed E-state index contributed by atoms with van der Waals surface area (Å²) in [7, 11) is 0. The molecule has 0 spiro atoms. The fourth-order valence-corrected chi connectivity index (χ4v) is 2.82. The van der Waals surface area contributed by atoms with Crippen molar-refractivity contribution in [1.29, 1.82) is 0 Å². The van der Waals surface area contributed by atoms with E-state index < -0.39 is 0 Å². The van der Waals surface area contributed by atoms with E-state index in [1.54, 1.807) is 12.1 Å². The molecule has 2 N–H and O–H groups in total. The molecule has 2 rings (SSSR count). The Morgan fingerprint density at radius 1 is 1.50 bits per heavy atom. The molecule has 0 saturated carbocycles. The first-order valence-electron chi connectivity index (χ1n) is 6.86. The average Bonchev–Trinajstić information content (AvgIpc) is 2.28. The van der Waals surface area contributed by atoms with Gasteiger partial charge in [0.25, 0.3) is 0 Å². The highest BCUT2D eigenvalue weighted by molar-refractivity contribution is 5.55. The second-order valence-electron chi connectivity index (χ2n) is 5.62. The second-order valence-corrected chi connectivity index (χ2v) is 5.62. The largest absolute Gasteiger partial charge is 0.369 e. The molecule has 2 atom stereocenters. The van der Waals surface area contributed by atoms with Crippen LogP contribution in [0.5, 0.6) is 0 Å². The van der Waals surface area contributed by atoms with Gasteiger partial charge in [-0.3, -0.25) is 0 Å². The summed E-state index contributed by atoms with van der Waals surface area (Å²) < 4.78 is 14.1. The lowest BCUT2D eigenvalue weighted by Crippen LogP contribution is -2.36. The number of nitrogens with zero attached hydrogens (tertiary/aromatic N) is 1. The van der Waals surface area contributed by atoms with Crippen molar-refractivity contribution in [3.05, 3.63) is 29.6 Å². The van der Waals surface area contributed by atoms with Crippen LogP contribution in [0.4, 0.5) is 10.1 Å². The molecule has 2 unspecified atom stereocenters. The Balaban J connectivity index is 2.29. The number of nitrogens with two attached hydrogens (primary N) is 1. The van der Waals surface area contributed by atoms with Gasteiger partial charge in [0.2, 0.25) is 0 Å². The maximum atomic E-state index is 14.1. The first-order chi connectivity index (χ1) is 8.58. The predicted octanol–water partition coefficient (Wildman–Crippen LogP) is 2.95. The van der Waals surface area contributed by atoms with E-state index in [4.69, 9.17) is 5.73 Å². The first-order valence-corrected chi connectivity index (χ1v) is 6.86. The zero-order chi connectivity index (χ0) is 13.1. The van der Waals surface area contributed by atoms with Crippen LogP contribution < -0.4 is 10.6 Å². The molecule has 1 aliphatic rings. The van der Waals surface area contributed by atoms with Crippen LogP contribution in [-0.2, 0) is 6.42 Å². The van der Waals surface area contributed by atoms with Crippen LogP contribution in [0.15, 0.2) is 18.2 Å². The van der Waals surface area contributed by atoms with E-state index in [1.165, 1.54) is 6.42 Å². The Hall–Kier alpha value is -1.09. The summed E-state index contributed by atoms with van der Waals surface area (Å²) in [4.78, 5) is 2.20. The van der Waals surface area contributed by atoms with Crippen LogP contribution in [0.25, 0.3) is 0 Å². The highest BCUT2D eigenvalue weighted by Crippen LogP contribution is 2.29. The van der Waals surface area contributed by atoms with Crippen LogP contribution in [0.3, 0.4) is 0 Å². The summed E-state index contributed by atoms with van der Waals surface area (Å²) in [6.07, 6.45) is 3.12. The Morgan fingerprint density at radius 3 is 2.94 bits per heavy atom. The van der Waals surface area contributed by atoms with E-state index in [-0.39, 0.29) is 11.9 Å². The van der Waals surface area contributed by atoms with Crippen molar-refractivity contribution >= 4 is 5.69 Å². The summed E-state index contributed by atoms with van der Waals surface area (Å²) in [5.74, 6) is 0.531. The number of halogens is 1. The lowest BCUT2D eigenvalue weighted by molar-refractivity contribution is 0.441. The van der Waals surface area contributed by atoms with Crippen LogP contribution >= 0.6 is 0 Å². The van der Waals surface area contributed by atoms with Crippen LogP contribution in [0.2, 0.25) is 0 Å². The van der Waals surface area contributed by atoms with Gasteiger partial charge in [-0.15, -0.1) is 0 Å². The Morgan fingerprint density at radius 2 is 2.28 bits per heavy atom. The van der Waals surface area contributed by atoms with Crippen LogP contribution in [0.1, 0.15) is 32.3 Å². The molecule has 1 fully saturated rings. The minimum absolute atomic E-state index is 0.0627. The molecule has 1 aliphatic heterocycles. The fraction of sp³-hybridized carbons (Fsp3) is 0.600. The normalized spacial score (nSPS) is 22.0. The standard InChI is InChI=1S/C15H23FN2/c1-11-5-4-8-18(10-11)15-13(9-12(2)17)6-3-7-14(15)16/h3,6-7,11-12H,4-5,8-10,17H2,1-2H3. The molecule has 0 aromatic heterocycles. The molecule has 100 valence electrons. The molecule has 1 saturated heterocycles. The van der Waals surface area contributed by atoms with Crippen molar-refractivity contribution in [3.8, 4) is 0 Å². The monoisotopic (exact) mass is 250 g/mol. The third-order valence-corrected chi connectivity index (χ3v) is 3.59. The Kier molecular flexibility index (Phi) is 4.23. The minimum Gasteiger partial charge on any atom is -0.369 e. The topological polar surface area (TPSA) is 29.3 Å². The maximum absolute atomic E-state index is 14.1. The second kappa shape index (κ2) is 5.70. The molecular formula is C15H23FN2. The Bertz CT molecular complexity index is 403. The third kappa shape index (κ3) is 3.02. The maximum Gasteiger partial charge on any atom is 0.146 e. The minimum atomic E-state index is -0.109. The SMILES string of the molecule is CC(N)Cc1cccc(F)c1N1CCCC(C)C1. The highest BCUT2D eigenvalue weighted by Gasteiger charge is 2.21. The van der Waals surface area contributed by atoms with Crippen molar-refractivity contribution in [2.75, 3.05) is 18.0 Å². The molecule has 3 heteroatoms. The predicted molar refractivity (Wildman–Crippen MR) is 74.4 cm³/mol. The van der Waals surface area contributed by atoms with Gasteiger partial charge in [-0.05, 0) is 43.7 Å². The number of anilines is 1. The number of hydrogen-bond donors (Lipinski definition) is 1. The molecule has 0 bridgehead atoms. The summed E-state index contributed by atoms with van der Waals surface area (Å²) in [6.45, 7) is 6.11. The van der Waals surface area contributed by atoms with Crippen molar-refractivity contribution in [2.24, 2.45) is 11.7 Å². The van der Waals surface area contributed by atoms with Gasteiger partial charge >= 0.3 is 0 Å². The molecule has 1 heterocycles. The molecule has 2 nitrogen and oxygen atoms in total. The fourth-order valence-electron chi connectivity index (χ4n) is 2.82. The lowest BCUT2D eigenvalue weighted by Gasteiger charge is -2.34. The van der Waals surface area contributed by atoms with Gasteiger partial charge < -0.3 is 10.6 Å². The van der Waals surface area contributed by atoms with Gasteiger partial charge in [0, 0.05) is 19.1 Å². The molecule has 0 aliphatic carbocycles. The zero-order valence-electron chi connectivity index (χ0n) is 11.3. The third-order valence-electron chi connectivity index (χ3n) is 3.59. The number of para-hydroxylation sites is 1. The number of rotatable bonds is 3. The molecule has 1 aromatic carbocycles. The molecule has 1 aromatic rings. The van der Waals surface area contributed by atoms with Crippen molar-refractivity contribution in [3.63, 3.8) is 0 Å². The van der Waals surface area contributed by atoms with E-state index in [0.29, 0.717) is 5.92 Å². The van der Waals surface area contributed by atoms with E-state index in [1.807, 2.05) is 13.0 Å². The number of piperidine rings is 1. The summed E-state index contributed by atoms with van der Waals surface area (Å²) in [5, 5.41) is 0. The number of benzene rings is 1. The molecule has 0 radical (unpaired) electrons. The molecule has 18 heavy (non-hydrogen) atoms. The summed E-state index contributed by atoms with van der Waals surface area (Å²) in [6, 6.07) is 5.40. The lowest BCUT2D eigenvalue weighted by atomic mass is 9.97. The average molecular weight is 250 g/mol. The number of hydrogen-bond acceptors (Lipinski definition) is 2. The van der Waals surface area contributed by atoms with Crippen molar-refractivity contribution < 1.29 is 4.39 Å². The summed E-state index contributed by atoms with van der Waals surface area (Å²) in [5.41, 5.74) is 7.68. The highest BCUT2D eigenvalue weighted by atomic mass is 19.1. The van der Waals surface area contributed by atoms with Crippen LogP contribution in [-0.4, -0.2) is 19.1 Å². The van der Waals surface area contributed by atoms with E-state index in [9.17, 15) is 4.39 Å². The van der Waals surface area contributed by atoms with Gasteiger partial charge in [0.05, 0.1) is 5.69 Å². The first kappa shape index (κ1) is 13.3. The van der Waals surface area contributed by atoms with Crippen molar-refractivity contribution in [2.45, 2.75) is 39.2 Å².